The van der Waals surface area contributed by atoms with Crippen LogP contribution < -0.4 is 5.32 Å². The van der Waals surface area contributed by atoms with Gasteiger partial charge in [0, 0.05) is 6.08 Å². The van der Waals surface area contributed by atoms with Crippen molar-refractivity contribution in [3.63, 3.8) is 0 Å². The topological polar surface area (TPSA) is 66.4 Å². The van der Waals surface area contributed by atoms with Gasteiger partial charge in [0.05, 0.1) is 0 Å². The van der Waals surface area contributed by atoms with Gasteiger partial charge in [0.25, 0.3) is 0 Å². The number of amides is 1. The van der Waals surface area contributed by atoms with Crippen LogP contribution in [-0.4, -0.2) is 23.0 Å². The van der Waals surface area contributed by atoms with Crippen LogP contribution in [0.2, 0.25) is 0 Å². The molecule has 0 aliphatic carbocycles. The van der Waals surface area contributed by atoms with Gasteiger partial charge < -0.3 is 10.4 Å². The summed E-state index contributed by atoms with van der Waals surface area (Å²) >= 11 is 0. The summed E-state index contributed by atoms with van der Waals surface area (Å²) < 4.78 is 12.6. The fraction of sp³-hybridized carbons (Fsp3) is 0.167. The van der Waals surface area contributed by atoms with Crippen molar-refractivity contribution >= 4 is 18.0 Å². The highest BCUT2D eigenvalue weighted by Gasteiger charge is 2.11. The second kappa shape index (κ2) is 5.79. The van der Waals surface area contributed by atoms with Gasteiger partial charge in [-0.15, -0.1) is 0 Å². The lowest BCUT2D eigenvalue weighted by Gasteiger charge is -2.05. The first kappa shape index (κ1) is 12.9. The maximum atomic E-state index is 12.6. The highest BCUT2D eigenvalue weighted by Crippen LogP contribution is 2.04. The predicted molar refractivity (Wildman–Crippen MR) is 60.7 cm³/mol. The highest BCUT2D eigenvalue weighted by atomic mass is 19.1. The predicted octanol–water partition coefficient (Wildman–Crippen LogP) is 1.43. The molecule has 0 aliphatic rings. The van der Waals surface area contributed by atoms with E-state index in [-0.39, 0.29) is 5.82 Å². The van der Waals surface area contributed by atoms with Crippen LogP contribution in [0.3, 0.4) is 0 Å². The Bertz CT molecular complexity index is 440. The molecule has 0 saturated heterocycles. The Hall–Kier alpha value is -2.17. The van der Waals surface area contributed by atoms with Crippen LogP contribution >= 0.6 is 0 Å². The van der Waals surface area contributed by atoms with E-state index in [9.17, 15) is 14.0 Å². The molecule has 2 N–H and O–H groups in total. The molecule has 4 nitrogen and oxygen atoms in total. The molecule has 1 atom stereocenters. The summed E-state index contributed by atoms with van der Waals surface area (Å²) in [5.41, 5.74) is 0.657. The number of halogens is 1. The molecule has 5 heteroatoms. The van der Waals surface area contributed by atoms with Crippen LogP contribution in [0.15, 0.2) is 30.3 Å². The minimum atomic E-state index is -1.10. The average Bonchev–Trinajstić information content (AvgIpc) is 2.28. The van der Waals surface area contributed by atoms with Crippen LogP contribution in [0.4, 0.5) is 4.39 Å². The molecule has 0 radical (unpaired) electrons. The molecule has 0 unspecified atom stereocenters. The summed E-state index contributed by atoms with van der Waals surface area (Å²) in [5.74, 6) is -1.97. The van der Waals surface area contributed by atoms with Gasteiger partial charge >= 0.3 is 5.97 Å². The second-order valence-corrected chi connectivity index (χ2v) is 3.45. The van der Waals surface area contributed by atoms with Gasteiger partial charge in [0.1, 0.15) is 11.9 Å². The summed E-state index contributed by atoms with van der Waals surface area (Å²) in [4.78, 5) is 21.7. The molecule has 1 rings (SSSR count). The lowest BCUT2D eigenvalue weighted by Crippen LogP contribution is -2.37. The Morgan fingerprint density at radius 1 is 1.35 bits per heavy atom. The van der Waals surface area contributed by atoms with Crippen molar-refractivity contribution in [2.75, 3.05) is 0 Å². The lowest BCUT2D eigenvalue weighted by molar-refractivity contribution is -0.140. The zero-order chi connectivity index (χ0) is 12.8. The quantitative estimate of drug-likeness (QED) is 0.778. The van der Waals surface area contributed by atoms with Crippen LogP contribution in [0.1, 0.15) is 12.5 Å². The van der Waals surface area contributed by atoms with Crippen LogP contribution in [-0.2, 0) is 9.59 Å². The van der Waals surface area contributed by atoms with Gasteiger partial charge in [-0.1, -0.05) is 12.1 Å². The Balaban J connectivity index is 2.56. The zero-order valence-electron chi connectivity index (χ0n) is 9.18. The number of nitrogens with one attached hydrogen (secondary N) is 1. The van der Waals surface area contributed by atoms with E-state index in [0.29, 0.717) is 5.56 Å². The van der Waals surface area contributed by atoms with E-state index in [1.165, 1.54) is 43.3 Å². The van der Waals surface area contributed by atoms with Crippen LogP contribution in [0.5, 0.6) is 0 Å². The lowest BCUT2D eigenvalue weighted by atomic mass is 10.2. The third-order valence-corrected chi connectivity index (χ3v) is 2.03. The molecule has 0 aromatic heterocycles. The van der Waals surface area contributed by atoms with Crippen LogP contribution in [0.25, 0.3) is 6.08 Å². The third-order valence-electron chi connectivity index (χ3n) is 2.03. The summed E-state index contributed by atoms with van der Waals surface area (Å²) in [6.45, 7) is 1.37. The van der Waals surface area contributed by atoms with E-state index in [4.69, 9.17) is 5.11 Å². The Morgan fingerprint density at radius 2 is 1.94 bits per heavy atom. The fourth-order valence-corrected chi connectivity index (χ4v) is 1.07. The molecule has 1 amide bonds. The molecule has 90 valence electrons. The molecule has 0 heterocycles. The number of carbonyl (C=O) groups excluding carboxylic acids is 1. The third kappa shape index (κ3) is 4.46. The van der Waals surface area contributed by atoms with Crippen molar-refractivity contribution in [3.05, 3.63) is 41.7 Å². The first-order valence-corrected chi connectivity index (χ1v) is 4.96. The SMILES string of the molecule is C[C@H](NC(=O)/C=C/c1ccc(F)cc1)C(=O)O. The number of benzene rings is 1. The molecular formula is C12H12FNO3. The van der Waals surface area contributed by atoms with E-state index in [1.807, 2.05) is 0 Å². The van der Waals surface area contributed by atoms with Gasteiger partial charge in [-0.3, -0.25) is 9.59 Å². The number of hydrogen-bond acceptors (Lipinski definition) is 2. The largest absolute Gasteiger partial charge is 0.480 e. The highest BCUT2D eigenvalue weighted by molar-refractivity contribution is 5.94. The van der Waals surface area contributed by atoms with E-state index >= 15 is 0 Å². The summed E-state index contributed by atoms with van der Waals surface area (Å²) in [6, 6.07) is 4.63. The minimum Gasteiger partial charge on any atom is -0.480 e. The summed E-state index contributed by atoms with van der Waals surface area (Å²) in [6.07, 6.45) is 2.68. The van der Waals surface area contributed by atoms with Gasteiger partial charge in [-0.2, -0.15) is 0 Å². The average molecular weight is 237 g/mol. The maximum absolute atomic E-state index is 12.6. The standard InChI is InChI=1S/C12H12FNO3/c1-8(12(16)17)14-11(15)7-4-9-2-5-10(13)6-3-9/h2-8H,1H3,(H,14,15)(H,16,17)/b7-4+/t8-/m0/s1. The van der Waals surface area contributed by atoms with Crippen molar-refractivity contribution < 1.29 is 19.1 Å². The molecule has 0 aliphatic heterocycles. The van der Waals surface area contributed by atoms with Gasteiger partial charge in [-0.05, 0) is 30.7 Å². The number of rotatable bonds is 4. The number of hydrogen-bond donors (Lipinski definition) is 2. The fourth-order valence-electron chi connectivity index (χ4n) is 1.07. The minimum absolute atomic E-state index is 0.355. The maximum Gasteiger partial charge on any atom is 0.325 e. The first-order chi connectivity index (χ1) is 7.99. The normalized spacial score (nSPS) is 12.4. The Kier molecular flexibility index (Phi) is 4.39. The van der Waals surface area contributed by atoms with Crippen LogP contribution in [0, 0.1) is 5.82 Å². The molecule has 17 heavy (non-hydrogen) atoms. The molecule has 1 aromatic rings. The number of aliphatic carboxylic acids is 1. The molecule has 0 bridgehead atoms. The van der Waals surface area contributed by atoms with Gasteiger partial charge in [0.15, 0.2) is 0 Å². The van der Waals surface area contributed by atoms with E-state index in [2.05, 4.69) is 5.32 Å². The Morgan fingerprint density at radius 3 is 2.47 bits per heavy atom. The molecule has 1 aromatic carbocycles. The Labute approximate surface area is 97.8 Å². The van der Waals surface area contributed by atoms with Crippen molar-refractivity contribution in [3.8, 4) is 0 Å². The van der Waals surface area contributed by atoms with Gasteiger partial charge in [0.2, 0.25) is 5.91 Å². The smallest absolute Gasteiger partial charge is 0.325 e. The summed E-state index contributed by atoms with van der Waals surface area (Å²) in [7, 11) is 0. The van der Waals surface area contributed by atoms with E-state index < -0.39 is 17.9 Å². The zero-order valence-corrected chi connectivity index (χ0v) is 9.18. The number of carboxylic acid groups (broad SMARTS) is 1. The van der Waals surface area contributed by atoms with Crippen molar-refractivity contribution in [1.82, 2.24) is 5.32 Å². The van der Waals surface area contributed by atoms with Gasteiger partial charge in [-0.25, -0.2) is 4.39 Å². The molecule has 0 saturated carbocycles. The monoisotopic (exact) mass is 237 g/mol. The summed E-state index contributed by atoms with van der Waals surface area (Å²) in [5, 5.41) is 10.8. The van der Waals surface area contributed by atoms with Crippen molar-refractivity contribution in [1.29, 1.82) is 0 Å². The van der Waals surface area contributed by atoms with Crippen molar-refractivity contribution in [2.45, 2.75) is 13.0 Å². The van der Waals surface area contributed by atoms with E-state index in [1.54, 1.807) is 0 Å². The molecular weight excluding hydrogens is 225 g/mol. The second-order valence-electron chi connectivity index (χ2n) is 3.45. The molecule has 0 spiro atoms. The van der Waals surface area contributed by atoms with E-state index in [0.717, 1.165) is 0 Å². The number of carbonyl (C=O) groups is 2. The molecule has 0 fully saturated rings. The first-order valence-electron chi connectivity index (χ1n) is 4.96. The number of carboxylic acids is 1. The van der Waals surface area contributed by atoms with Crippen molar-refractivity contribution in [2.24, 2.45) is 0 Å².